The number of hydrogen-bond acceptors (Lipinski definition) is 8. The van der Waals surface area contributed by atoms with Gasteiger partial charge < -0.3 is 26.4 Å². The average Bonchev–Trinajstić information content (AvgIpc) is 3.07. The highest BCUT2D eigenvalue weighted by Crippen LogP contribution is 2.32. The van der Waals surface area contributed by atoms with Gasteiger partial charge in [0.1, 0.15) is 28.1 Å². The molecule has 0 spiro atoms. The number of hydrogen-bond donors (Lipinski definition) is 4. The molecule has 33 heavy (non-hydrogen) atoms. The van der Waals surface area contributed by atoms with Crippen molar-refractivity contribution in [2.24, 2.45) is 0 Å². The Morgan fingerprint density at radius 3 is 2.48 bits per heavy atom. The van der Waals surface area contributed by atoms with E-state index in [0.717, 1.165) is 29.5 Å². The predicted molar refractivity (Wildman–Crippen MR) is 123 cm³/mol. The number of aromatic hydroxyl groups is 1. The Bertz CT molecular complexity index is 1180. The topological polar surface area (TPSA) is 121 Å². The molecule has 1 unspecified atom stereocenters. The SMILES string of the molecule is CC(CN(C)C)NC(=O)c1ccc(Nc2nc(N)c(C(=O)c3c(F)cccc3F)s2)cc1O. The standard InChI is InChI=1S/C22H23F2N5O3S/c1-11(10-29(2)3)26-21(32)13-8-7-12(9-16(13)30)27-22-28-20(25)19(33-22)18(31)17-14(23)5-4-6-15(17)24/h4-9,11,30H,10,25H2,1-3H3,(H,26,32)(H,27,28). The van der Waals surface area contributed by atoms with Gasteiger partial charge in [-0.2, -0.15) is 0 Å². The van der Waals surface area contributed by atoms with Crippen molar-refractivity contribution in [3.8, 4) is 5.75 Å². The van der Waals surface area contributed by atoms with E-state index in [2.05, 4.69) is 15.6 Å². The quantitative estimate of drug-likeness (QED) is 0.369. The van der Waals surface area contributed by atoms with Gasteiger partial charge in [0.2, 0.25) is 5.78 Å². The maximum atomic E-state index is 14.0. The normalized spacial score (nSPS) is 11.9. The van der Waals surface area contributed by atoms with Crippen molar-refractivity contribution < 1.29 is 23.5 Å². The van der Waals surface area contributed by atoms with E-state index in [1.165, 1.54) is 12.1 Å². The van der Waals surface area contributed by atoms with Crippen LogP contribution < -0.4 is 16.4 Å². The number of nitrogen functional groups attached to an aromatic ring is 1. The molecular formula is C22H23F2N5O3S. The van der Waals surface area contributed by atoms with Gasteiger partial charge in [0.25, 0.3) is 5.91 Å². The molecule has 11 heteroatoms. The first-order valence-electron chi connectivity index (χ1n) is 9.87. The van der Waals surface area contributed by atoms with Crippen LogP contribution in [-0.2, 0) is 0 Å². The molecule has 1 aromatic heterocycles. The van der Waals surface area contributed by atoms with Crippen molar-refractivity contribution in [3.05, 3.63) is 64.0 Å². The highest BCUT2D eigenvalue weighted by molar-refractivity contribution is 7.18. The van der Waals surface area contributed by atoms with Crippen LogP contribution in [0, 0.1) is 11.6 Å². The molecule has 0 saturated carbocycles. The number of phenolic OH excluding ortho intramolecular Hbond substituents is 1. The van der Waals surface area contributed by atoms with Crippen LogP contribution in [0.2, 0.25) is 0 Å². The maximum absolute atomic E-state index is 14.0. The summed E-state index contributed by atoms with van der Waals surface area (Å²) in [4.78, 5) is 30.8. The molecule has 174 valence electrons. The molecule has 0 aliphatic rings. The Morgan fingerprint density at radius 2 is 1.88 bits per heavy atom. The summed E-state index contributed by atoms with van der Waals surface area (Å²) in [7, 11) is 3.77. The Hall–Kier alpha value is -3.57. The third kappa shape index (κ3) is 5.62. The Kier molecular flexibility index (Phi) is 7.24. The van der Waals surface area contributed by atoms with E-state index in [9.17, 15) is 23.5 Å². The van der Waals surface area contributed by atoms with Gasteiger partial charge in [0.05, 0.1) is 11.1 Å². The molecule has 1 heterocycles. The number of nitrogens with one attached hydrogen (secondary N) is 2. The largest absolute Gasteiger partial charge is 0.507 e. The number of nitrogens with two attached hydrogens (primary N) is 1. The predicted octanol–water partition coefficient (Wildman–Crippen LogP) is 3.36. The van der Waals surface area contributed by atoms with Crippen LogP contribution in [0.5, 0.6) is 5.75 Å². The summed E-state index contributed by atoms with van der Waals surface area (Å²) in [6.45, 7) is 2.49. The number of ketones is 1. The third-order valence-electron chi connectivity index (χ3n) is 4.56. The molecule has 0 aliphatic carbocycles. The molecule has 0 aliphatic heterocycles. The molecule has 0 fully saturated rings. The van der Waals surface area contributed by atoms with Crippen molar-refractivity contribution in [3.63, 3.8) is 0 Å². The molecule has 0 bridgehead atoms. The lowest BCUT2D eigenvalue weighted by Gasteiger charge is -2.18. The fourth-order valence-corrected chi connectivity index (χ4v) is 4.05. The Morgan fingerprint density at radius 1 is 1.21 bits per heavy atom. The van der Waals surface area contributed by atoms with Gasteiger partial charge in [0, 0.05) is 24.3 Å². The van der Waals surface area contributed by atoms with Crippen molar-refractivity contribution >= 4 is 39.7 Å². The van der Waals surface area contributed by atoms with Gasteiger partial charge in [-0.15, -0.1) is 0 Å². The molecule has 5 N–H and O–H groups in total. The molecule has 0 radical (unpaired) electrons. The molecule has 3 aromatic rings. The summed E-state index contributed by atoms with van der Waals surface area (Å²) >= 11 is 0.809. The van der Waals surface area contributed by atoms with Gasteiger partial charge >= 0.3 is 0 Å². The highest BCUT2D eigenvalue weighted by Gasteiger charge is 2.24. The summed E-state index contributed by atoms with van der Waals surface area (Å²) in [6.07, 6.45) is 0. The van der Waals surface area contributed by atoms with Crippen molar-refractivity contribution in [2.45, 2.75) is 13.0 Å². The Balaban J connectivity index is 1.76. The molecule has 0 saturated heterocycles. The van der Waals surface area contributed by atoms with E-state index in [-0.39, 0.29) is 33.2 Å². The number of thiazole rings is 1. The zero-order chi connectivity index (χ0) is 24.3. The summed E-state index contributed by atoms with van der Waals surface area (Å²) in [5.41, 5.74) is 5.55. The minimum Gasteiger partial charge on any atom is -0.507 e. The van der Waals surface area contributed by atoms with Crippen LogP contribution in [0.4, 0.5) is 25.4 Å². The van der Waals surface area contributed by atoms with E-state index < -0.39 is 28.9 Å². The zero-order valence-electron chi connectivity index (χ0n) is 18.1. The first-order chi connectivity index (χ1) is 15.6. The summed E-state index contributed by atoms with van der Waals surface area (Å²) in [5.74, 6) is -3.79. The molecule has 1 atom stereocenters. The number of anilines is 3. The van der Waals surface area contributed by atoms with Crippen molar-refractivity contribution in [1.82, 2.24) is 15.2 Å². The number of rotatable bonds is 8. The second-order valence-corrected chi connectivity index (χ2v) is 8.65. The number of likely N-dealkylation sites (N-methyl/N-ethyl adjacent to an activating group) is 1. The minimum absolute atomic E-state index is 0.0932. The number of amides is 1. The monoisotopic (exact) mass is 475 g/mol. The molecule has 3 rings (SSSR count). The van der Waals surface area contributed by atoms with E-state index in [4.69, 9.17) is 5.73 Å². The molecular weight excluding hydrogens is 452 g/mol. The smallest absolute Gasteiger partial charge is 0.255 e. The summed E-state index contributed by atoms with van der Waals surface area (Å²) in [5, 5.41) is 16.1. The van der Waals surface area contributed by atoms with Crippen molar-refractivity contribution in [2.75, 3.05) is 31.7 Å². The van der Waals surface area contributed by atoms with Crippen LogP contribution in [0.3, 0.4) is 0 Å². The van der Waals surface area contributed by atoms with E-state index >= 15 is 0 Å². The summed E-state index contributed by atoms with van der Waals surface area (Å²) < 4.78 is 27.9. The van der Waals surface area contributed by atoms with Crippen LogP contribution in [-0.4, -0.2) is 53.4 Å². The van der Waals surface area contributed by atoms with Crippen LogP contribution in [0.1, 0.15) is 32.5 Å². The van der Waals surface area contributed by atoms with Crippen LogP contribution in [0.15, 0.2) is 36.4 Å². The maximum Gasteiger partial charge on any atom is 0.255 e. The number of carbonyl (C=O) groups is 2. The van der Waals surface area contributed by atoms with E-state index in [1.807, 2.05) is 25.9 Å². The second kappa shape index (κ2) is 9.92. The lowest BCUT2D eigenvalue weighted by Crippen LogP contribution is -2.39. The fraction of sp³-hybridized carbons (Fsp3) is 0.227. The molecule has 8 nitrogen and oxygen atoms in total. The zero-order valence-corrected chi connectivity index (χ0v) is 19.0. The molecule has 1 amide bonds. The molecule has 2 aromatic carbocycles. The Labute approximate surface area is 193 Å². The number of aromatic nitrogens is 1. The number of benzene rings is 2. The highest BCUT2D eigenvalue weighted by atomic mass is 32.1. The third-order valence-corrected chi connectivity index (χ3v) is 5.54. The van der Waals surface area contributed by atoms with Crippen LogP contribution >= 0.6 is 11.3 Å². The lowest BCUT2D eigenvalue weighted by atomic mass is 10.1. The number of halogens is 2. The van der Waals surface area contributed by atoms with Gasteiger partial charge in [-0.3, -0.25) is 9.59 Å². The van der Waals surface area contributed by atoms with Gasteiger partial charge in [-0.25, -0.2) is 13.8 Å². The fourth-order valence-electron chi connectivity index (χ4n) is 3.20. The van der Waals surface area contributed by atoms with Gasteiger partial charge in [-0.05, 0) is 45.3 Å². The number of nitrogens with zero attached hydrogens (tertiary/aromatic N) is 2. The van der Waals surface area contributed by atoms with E-state index in [0.29, 0.717) is 12.2 Å². The number of carbonyl (C=O) groups excluding carboxylic acids is 2. The summed E-state index contributed by atoms with van der Waals surface area (Å²) in [6, 6.07) is 7.29. The van der Waals surface area contributed by atoms with Gasteiger partial charge in [0.15, 0.2) is 5.13 Å². The van der Waals surface area contributed by atoms with E-state index in [1.54, 1.807) is 6.07 Å². The average molecular weight is 476 g/mol. The number of phenols is 1. The second-order valence-electron chi connectivity index (χ2n) is 7.65. The van der Waals surface area contributed by atoms with Gasteiger partial charge in [-0.1, -0.05) is 17.4 Å². The first-order valence-corrected chi connectivity index (χ1v) is 10.7. The minimum atomic E-state index is -0.999. The van der Waals surface area contributed by atoms with Crippen molar-refractivity contribution in [1.29, 1.82) is 0 Å². The lowest BCUT2D eigenvalue weighted by molar-refractivity contribution is 0.0931. The first kappa shape index (κ1) is 24.1. The van der Waals surface area contributed by atoms with Crippen LogP contribution in [0.25, 0.3) is 0 Å².